The molecule has 5 heteroatoms. The SMILES string of the molecule is COc1cc(C(=O)[CH]CC=O)cc(OC)c1OC. The summed E-state index contributed by atoms with van der Waals surface area (Å²) < 4.78 is 15.4. The number of ether oxygens (including phenoxy) is 3. The molecule has 97 valence electrons. The number of Topliss-reactive ketones (excluding diaryl/α,β-unsaturated/α-hetero) is 1. The Morgan fingerprint density at radius 2 is 1.67 bits per heavy atom. The summed E-state index contributed by atoms with van der Waals surface area (Å²) in [6, 6.07) is 3.09. The number of ketones is 1. The van der Waals surface area contributed by atoms with Gasteiger partial charge in [-0.25, -0.2) is 0 Å². The van der Waals surface area contributed by atoms with Crippen molar-refractivity contribution in [3.05, 3.63) is 24.1 Å². The first-order valence-corrected chi connectivity index (χ1v) is 5.29. The standard InChI is InChI=1S/C13H15O5/c1-16-11-7-9(10(15)5-4-6-14)8-12(17-2)13(11)18-3/h5-8H,4H2,1-3H3. The topological polar surface area (TPSA) is 61.8 Å². The van der Waals surface area contributed by atoms with Gasteiger partial charge >= 0.3 is 0 Å². The van der Waals surface area contributed by atoms with Gasteiger partial charge in [0.05, 0.1) is 21.3 Å². The van der Waals surface area contributed by atoms with Gasteiger partial charge in [-0.2, -0.15) is 0 Å². The molecule has 0 aliphatic rings. The molecule has 0 saturated heterocycles. The number of rotatable bonds is 7. The third-order valence-corrected chi connectivity index (χ3v) is 2.35. The molecular weight excluding hydrogens is 236 g/mol. The molecule has 0 N–H and O–H groups in total. The average molecular weight is 251 g/mol. The monoisotopic (exact) mass is 251 g/mol. The maximum atomic E-state index is 11.8. The predicted molar refractivity (Wildman–Crippen MR) is 65.4 cm³/mol. The maximum Gasteiger partial charge on any atom is 0.203 e. The molecule has 0 aliphatic carbocycles. The summed E-state index contributed by atoms with van der Waals surface area (Å²) >= 11 is 0. The number of aldehydes is 1. The summed E-state index contributed by atoms with van der Waals surface area (Å²) in [5, 5.41) is 0. The van der Waals surface area contributed by atoms with E-state index in [1.807, 2.05) is 0 Å². The minimum atomic E-state index is -0.263. The molecule has 1 aromatic rings. The number of carbonyl (C=O) groups is 2. The summed E-state index contributed by atoms with van der Waals surface area (Å²) in [5.74, 6) is 0.965. The van der Waals surface area contributed by atoms with E-state index in [4.69, 9.17) is 14.2 Å². The Bertz CT molecular complexity index is 414. The van der Waals surface area contributed by atoms with E-state index in [1.165, 1.54) is 27.8 Å². The van der Waals surface area contributed by atoms with Crippen molar-refractivity contribution in [2.75, 3.05) is 21.3 Å². The number of hydrogen-bond acceptors (Lipinski definition) is 5. The average Bonchev–Trinajstić information content (AvgIpc) is 2.42. The summed E-state index contributed by atoms with van der Waals surface area (Å²) in [4.78, 5) is 22.0. The van der Waals surface area contributed by atoms with Gasteiger partial charge in [-0.15, -0.1) is 0 Å². The lowest BCUT2D eigenvalue weighted by Crippen LogP contribution is -2.03. The third kappa shape index (κ3) is 3.00. The molecule has 0 amide bonds. The molecule has 0 spiro atoms. The van der Waals surface area contributed by atoms with Crippen LogP contribution in [-0.2, 0) is 4.79 Å². The Labute approximate surface area is 106 Å². The highest BCUT2D eigenvalue weighted by molar-refractivity contribution is 6.04. The lowest BCUT2D eigenvalue weighted by molar-refractivity contribution is -0.107. The van der Waals surface area contributed by atoms with Crippen molar-refractivity contribution < 1.29 is 23.8 Å². The smallest absolute Gasteiger partial charge is 0.203 e. The van der Waals surface area contributed by atoms with E-state index in [9.17, 15) is 9.59 Å². The normalized spacial score (nSPS) is 9.72. The molecule has 0 fully saturated rings. The molecule has 0 bridgehead atoms. The highest BCUT2D eigenvalue weighted by Gasteiger charge is 2.16. The van der Waals surface area contributed by atoms with Gasteiger partial charge in [-0.3, -0.25) is 4.79 Å². The number of hydrogen-bond donors (Lipinski definition) is 0. The molecule has 1 aromatic carbocycles. The predicted octanol–water partition coefficient (Wildman–Crippen LogP) is 1.69. The van der Waals surface area contributed by atoms with Crippen molar-refractivity contribution in [3.8, 4) is 17.2 Å². The largest absolute Gasteiger partial charge is 0.493 e. The minimum Gasteiger partial charge on any atom is -0.493 e. The summed E-state index contributed by atoms with van der Waals surface area (Å²) in [6.07, 6.45) is 2.04. The van der Waals surface area contributed by atoms with Crippen molar-refractivity contribution in [1.82, 2.24) is 0 Å². The molecule has 0 heterocycles. The first-order valence-electron chi connectivity index (χ1n) is 5.29. The molecule has 5 nitrogen and oxygen atoms in total. The van der Waals surface area contributed by atoms with Crippen LogP contribution in [0.5, 0.6) is 17.2 Å². The summed E-state index contributed by atoms with van der Waals surface area (Å²) in [6.45, 7) is 0. The van der Waals surface area contributed by atoms with E-state index < -0.39 is 0 Å². The fourth-order valence-electron chi connectivity index (χ4n) is 1.50. The van der Waals surface area contributed by atoms with E-state index in [2.05, 4.69) is 0 Å². The van der Waals surface area contributed by atoms with Crippen LogP contribution in [0.4, 0.5) is 0 Å². The van der Waals surface area contributed by atoms with Gasteiger partial charge in [0.15, 0.2) is 17.3 Å². The van der Waals surface area contributed by atoms with Crippen molar-refractivity contribution in [2.45, 2.75) is 6.42 Å². The Kier molecular flexibility index (Phi) is 5.17. The van der Waals surface area contributed by atoms with E-state index in [0.717, 1.165) is 0 Å². The zero-order chi connectivity index (χ0) is 13.5. The molecule has 0 aliphatic heterocycles. The van der Waals surface area contributed by atoms with Crippen molar-refractivity contribution in [3.63, 3.8) is 0 Å². The van der Waals surface area contributed by atoms with Crippen LogP contribution in [0.15, 0.2) is 12.1 Å². The van der Waals surface area contributed by atoms with Crippen LogP contribution in [0.1, 0.15) is 16.8 Å². The van der Waals surface area contributed by atoms with Gasteiger partial charge in [-0.1, -0.05) is 0 Å². The van der Waals surface area contributed by atoms with Crippen molar-refractivity contribution in [2.24, 2.45) is 0 Å². The van der Waals surface area contributed by atoms with Crippen molar-refractivity contribution >= 4 is 12.1 Å². The first kappa shape index (κ1) is 14.0. The van der Waals surface area contributed by atoms with E-state index >= 15 is 0 Å². The Morgan fingerprint density at radius 1 is 1.11 bits per heavy atom. The highest BCUT2D eigenvalue weighted by Crippen LogP contribution is 2.38. The molecule has 0 atom stereocenters. The van der Waals surface area contributed by atoms with E-state index in [1.54, 1.807) is 12.1 Å². The van der Waals surface area contributed by atoms with Gasteiger partial charge in [0.2, 0.25) is 5.75 Å². The third-order valence-electron chi connectivity index (χ3n) is 2.35. The van der Waals surface area contributed by atoms with Gasteiger partial charge in [0.25, 0.3) is 0 Å². The Balaban J connectivity index is 3.14. The second kappa shape index (κ2) is 6.64. The second-order valence-electron chi connectivity index (χ2n) is 3.38. The highest BCUT2D eigenvalue weighted by atomic mass is 16.5. The zero-order valence-corrected chi connectivity index (χ0v) is 10.6. The number of benzene rings is 1. The maximum absolute atomic E-state index is 11.8. The van der Waals surface area contributed by atoms with Crippen LogP contribution in [-0.4, -0.2) is 33.4 Å². The quantitative estimate of drug-likeness (QED) is 0.545. The van der Waals surface area contributed by atoms with Crippen LogP contribution < -0.4 is 14.2 Å². The first-order chi connectivity index (χ1) is 8.67. The zero-order valence-electron chi connectivity index (χ0n) is 10.6. The lowest BCUT2D eigenvalue weighted by Gasteiger charge is -2.13. The number of methoxy groups -OCH3 is 3. The second-order valence-corrected chi connectivity index (χ2v) is 3.38. The number of carbonyl (C=O) groups excluding carboxylic acids is 2. The van der Waals surface area contributed by atoms with Gasteiger partial charge in [0, 0.05) is 18.4 Å². The fourth-order valence-corrected chi connectivity index (χ4v) is 1.50. The molecule has 0 unspecified atom stereocenters. The molecular formula is C13H15O5. The van der Waals surface area contributed by atoms with Crippen LogP contribution in [0, 0.1) is 6.42 Å². The van der Waals surface area contributed by atoms with Crippen LogP contribution in [0.2, 0.25) is 0 Å². The molecule has 1 radical (unpaired) electrons. The van der Waals surface area contributed by atoms with Crippen LogP contribution >= 0.6 is 0 Å². The van der Waals surface area contributed by atoms with Crippen LogP contribution in [0.25, 0.3) is 0 Å². The van der Waals surface area contributed by atoms with E-state index in [0.29, 0.717) is 29.1 Å². The molecule has 0 saturated carbocycles. The summed E-state index contributed by atoms with van der Waals surface area (Å²) in [5.41, 5.74) is 0.381. The van der Waals surface area contributed by atoms with E-state index in [-0.39, 0.29) is 12.2 Å². The summed E-state index contributed by atoms with van der Waals surface area (Å²) in [7, 11) is 4.43. The van der Waals surface area contributed by atoms with Crippen LogP contribution in [0.3, 0.4) is 0 Å². The minimum absolute atomic E-state index is 0.0789. The molecule has 1 rings (SSSR count). The molecule has 18 heavy (non-hydrogen) atoms. The Hall–Kier alpha value is -2.04. The van der Waals surface area contributed by atoms with Gasteiger partial charge < -0.3 is 19.0 Å². The lowest BCUT2D eigenvalue weighted by atomic mass is 10.1. The van der Waals surface area contributed by atoms with Gasteiger partial charge in [-0.05, 0) is 12.1 Å². The van der Waals surface area contributed by atoms with Gasteiger partial charge in [0.1, 0.15) is 6.29 Å². The van der Waals surface area contributed by atoms with Crippen molar-refractivity contribution in [1.29, 1.82) is 0 Å². The fraction of sp³-hybridized carbons (Fsp3) is 0.308. The molecule has 0 aromatic heterocycles. The Morgan fingerprint density at radius 3 is 2.06 bits per heavy atom.